The third-order valence-corrected chi connectivity index (χ3v) is 4.14. The van der Waals surface area contributed by atoms with Gasteiger partial charge in [-0.1, -0.05) is 24.3 Å². The Morgan fingerprint density at radius 2 is 2.00 bits per heavy atom. The van der Waals surface area contributed by atoms with E-state index < -0.39 is 5.97 Å². The van der Waals surface area contributed by atoms with Crippen molar-refractivity contribution in [3.05, 3.63) is 76.4 Å². The van der Waals surface area contributed by atoms with Crippen LogP contribution in [-0.4, -0.2) is 21.6 Å². The van der Waals surface area contributed by atoms with E-state index in [1.54, 1.807) is 17.0 Å². The molecule has 1 aliphatic rings. The molecule has 1 aromatic carbocycles. The predicted octanol–water partition coefficient (Wildman–Crippen LogP) is 3.28. The largest absolute Gasteiger partial charge is 0.401 e. The van der Waals surface area contributed by atoms with E-state index in [2.05, 4.69) is 10.1 Å². The van der Waals surface area contributed by atoms with Gasteiger partial charge >= 0.3 is 5.97 Å². The molecule has 0 saturated carbocycles. The molecule has 0 unspecified atom stereocenters. The quantitative estimate of drug-likeness (QED) is 0.549. The number of thiophene rings is 1. The van der Waals surface area contributed by atoms with E-state index in [-0.39, 0.29) is 5.70 Å². The minimum absolute atomic E-state index is 0.279. The van der Waals surface area contributed by atoms with Gasteiger partial charge in [0.1, 0.15) is 0 Å². The van der Waals surface area contributed by atoms with Crippen LogP contribution in [0, 0.1) is 0 Å². The van der Waals surface area contributed by atoms with Gasteiger partial charge < -0.3 is 4.74 Å². The van der Waals surface area contributed by atoms with Crippen LogP contribution in [0.3, 0.4) is 0 Å². The summed E-state index contributed by atoms with van der Waals surface area (Å²) in [6.07, 6.45) is 5.20. The third kappa shape index (κ3) is 2.72. The highest BCUT2D eigenvalue weighted by atomic mass is 32.1. The molecule has 0 fully saturated rings. The van der Waals surface area contributed by atoms with Crippen LogP contribution in [0.25, 0.3) is 11.8 Å². The van der Waals surface area contributed by atoms with Crippen molar-refractivity contribution in [2.24, 2.45) is 4.99 Å². The highest BCUT2D eigenvalue weighted by molar-refractivity contribution is 7.12. The standard InChI is InChI=1S/C17H11N3O2S/c21-17-14(19-16(22-17)15-7-4-8-23-15)9-12-10-18-20(11-12)13-5-2-1-3-6-13/h1-11H/b14-9-. The molecule has 6 heteroatoms. The number of aromatic nitrogens is 2. The van der Waals surface area contributed by atoms with Crippen molar-refractivity contribution in [2.45, 2.75) is 0 Å². The lowest BCUT2D eigenvalue weighted by atomic mass is 10.3. The maximum Gasteiger partial charge on any atom is 0.363 e. The first-order chi connectivity index (χ1) is 11.3. The number of esters is 1. The molecule has 0 aliphatic carbocycles. The average molecular weight is 321 g/mol. The van der Waals surface area contributed by atoms with E-state index in [1.807, 2.05) is 54.0 Å². The Hall–Kier alpha value is -2.99. The van der Waals surface area contributed by atoms with Crippen LogP contribution in [-0.2, 0) is 9.53 Å². The number of hydrogen-bond donors (Lipinski definition) is 0. The number of hydrogen-bond acceptors (Lipinski definition) is 5. The maximum absolute atomic E-state index is 11.9. The molecule has 3 heterocycles. The number of carbonyl (C=O) groups excluding carboxylic acids is 1. The Morgan fingerprint density at radius 1 is 1.13 bits per heavy atom. The van der Waals surface area contributed by atoms with E-state index in [4.69, 9.17) is 4.74 Å². The molecule has 3 aromatic rings. The smallest absolute Gasteiger partial charge is 0.363 e. The average Bonchev–Trinajstić information content (AvgIpc) is 3.31. The molecule has 0 spiro atoms. The zero-order chi connectivity index (χ0) is 15.6. The number of aliphatic imine (C=N–C) groups is 1. The summed E-state index contributed by atoms with van der Waals surface area (Å²) in [5.41, 5.74) is 2.02. The molecule has 0 N–H and O–H groups in total. The van der Waals surface area contributed by atoms with Crippen molar-refractivity contribution in [1.82, 2.24) is 9.78 Å². The van der Waals surface area contributed by atoms with Crippen LogP contribution >= 0.6 is 11.3 Å². The number of carbonyl (C=O) groups is 1. The van der Waals surface area contributed by atoms with Crippen LogP contribution in [0.15, 0.2) is 70.9 Å². The molecular formula is C17H11N3O2S. The van der Waals surface area contributed by atoms with Gasteiger partial charge in [0.2, 0.25) is 5.90 Å². The summed E-state index contributed by atoms with van der Waals surface area (Å²) in [7, 11) is 0. The van der Waals surface area contributed by atoms with Crippen LogP contribution in [0.5, 0.6) is 0 Å². The summed E-state index contributed by atoms with van der Waals surface area (Å²) >= 11 is 1.48. The summed E-state index contributed by atoms with van der Waals surface area (Å²) in [5.74, 6) is -0.0902. The second-order valence-electron chi connectivity index (χ2n) is 4.87. The number of para-hydroxylation sites is 1. The lowest BCUT2D eigenvalue weighted by Gasteiger charge is -1.98. The molecule has 23 heavy (non-hydrogen) atoms. The zero-order valence-electron chi connectivity index (χ0n) is 11.9. The summed E-state index contributed by atoms with van der Waals surface area (Å²) in [6.45, 7) is 0. The third-order valence-electron chi connectivity index (χ3n) is 3.28. The van der Waals surface area contributed by atoms with Crippen molar-refractivity contribution < 1.29 is 9.53 Å². The van der Waals surface area contributed by atoms with Gasteiger partial charge in [0, 0.05) is 11.8 Å². The van der Waals surface area contributed by atoms with Gasteiger partial charge in [0.15, 0.2) is 5.70 Å². The Labute approximate surface area is 136 Å². The number of ether oxygens (including phenoxy) is 1. The second kappa shape index (κ2) is 5.66. The maximum atomic E-state index is 11.9. The molecule has 0 amide bonds. The molecular weight excluding hydrogens is 310 g/mol. The molecule has 0 bridgehead atoms. The van der Waals surface area contributed by atoms with Gasteiger partial charge in [0.25, 0.3) is 0 Å². The zero-order valence-corrected chi connectivity index (χ0v) is 12.7. The number of rotatable bonds is 3. The number of cyclic esters (lactones) is 1. The number of benzene rings is 1. The van der Waals surface area contributed by atoms with Crippen molar-refractivity contribution in [3.8, 4) is 5.69 Å². The summed E-state index contributed by atoms with van der Waals surface area (Å²) < 4.78 is 6.95. The van der Waals surface area contributed by atoms with Crippen molar-refractivity contribution in [2.75, 3.05) is 0 Å². The van der Waals surface area contributed by atoms with Crippen LogP contribution in [0.1, 0.15) is 10.4 Å². The van der Waals surface area contributed by atoms with E-state index in [0.29, 0.717) is 5.90 Å². The Bertz CT molecular complexity index is 908. The predicted molar refractivity (Wildman–Crippen MR) is 88.5 cm³/mol. The van der Waals surface area contributed by atoms with E-state index >= 15 is 0 Å². The summed E-state index contributed by atoms with van der Waals surface area (Å²) in [6, 6.07) is 13.5. The lowest BCUT2D eigenvalue weighted by molar-refractivity contribution is -0.129. The molecule has 0 atom stereocenters. The molecule has 5 nitrogen and oxygen atoms in total. The van der Waals surface area contributed by atoms with Crippen LogP contribution in [0.2, 0.25) is 0 Å². The second-order valence-corrected chi connectivity index (χ2v) is 5.81. The molecule has 1 aliphatic heterocycles. The summed E-state index contributed by atoms with van der Waals surface area (Å²) in [5, 5.41) is 6.21. The minimum Gasteiger partial charge on any atom is -0.401 e. The fraction of sp³-hybridized carbons (Fsp3) is 0. The lowest BCUT2D eigenvalue weighted by Crippen LogP contribution is -2.03. The van der Waals surface area contributed by atoms with E-state index in [9.17, 15) is 4.79 Å². The first-order valence-electron chi connectivity index (χ1n) is 6.96. The van der Waals surface area contributed by atoms with Gasteiger partial charge in [0.05, 0.1) is 16.8 Å². The Balaban J connectivity index is 1.63. The minimum atomic E-state index is -0.444. The van der Waals surface area contributed by atoms with Gasteiger partial charge in [-0.2, -0.15) is 5.10 Å². The number of nitrogens with zero attached hydrogens (tertiary/aromatic N) is 3. The fourth-order valence-corrected chi connectivity index (χ4v) is 2.85. The van der Waals surface area contributed by atoms with Crippen molar-refractivity contribution in [1.29, 1.82) is 0 Å². The first kappa shape index (κ1) is 13.7. The van der Waals surface area contributed by atoms with Crippen molar-refractivity contribution >= 4 is 29.3 Å². The SMILES string of the molecule is O=C1OC(c2cccs2)=N/C1=C\c1cnn(-c2ccccc2)c1. The molecule has 4 rings (SSSR count). The molecule has 112 valence electrons. The Kier molecular flexibility index (Phi) is 3.36. The Morgan fingerprint density at radius 3 is 2.78 bits per heavy atom. The fourth-order valence-electron chi connectivity index (χ4n) is 2.21. The highest BCUT2D eigenvalue weighted by Crippen LogP contribution is 2.21. The highest BCUT2D eigenvalue weighted by Gasteiger charge is 2.24. The van der Waals surface area contributed by atoms with Gasteiger partial charge in [-0.15, -0.1) is 11.3 Å². The topological polar surface area (TPSA) is 56.5 Å². The van der Waals surface area contributed by atoms with Crippen LogP contribution in [0.4, 0.5) is 0 Å². The molecule has 2 aromatic heterocycles. The molecule has 0 saturated heterocycles. The first-order valence-corrected chi connectivity index (χ1v) is 7.84. The van der Waals surface area contributed by atoms with Gasteiger partial charge in [-0.25, -0.2) is 14.5 Å². The van der Waals surface area contributed by atoms with Crippen molar-refractivity contribution in [3.63, 3.8) is 0 Å². The molecule has 0 radical (unpaired) electrons. The van der Waals surface area contributed by atoms with E-state index in [1.165, 1.54) is 11.3 Å². The normalized spacial score (nSPS) is 15.7. The van der Waals surface area contributed by atoms with Crippen LogP contribution < -0.4 is 0 Å². The van der Waals surface area contributed by atoms with E-state index in [0.717, 1.165) is 16.1 Å². The summed E-state index contributed by atoms with van der Waals surface area (Å²) in [4.78, 5) is 17.0. The van der Waals surface area contributed by atoms with Gasteiger partial charge in [-0.05, 0) is 29.7 Å². The van der Waals surface area contributed by atoms with Gasteiger partial charge in [-0.3, -0.25) is 0 Å². The monoisotopic (exact) mass is 321 g/mol.